The lowest BCUT2D eigenvalue weighted by Crippen LogP contribution is -2.12. The summed E-state index contributed by atoms with van der Waals surface area (Å²) in [6.07, 6.45) is 8.30. The van der Waals surface area contributed by atoms with E-state index in [1.807, 2.05) is 0 Å². The van der Waals surface area contributed by atoms with E-state index < -0.39 is 11.9 Å². The first-order valence-corrected chi connectivity index (χ1v) is 13.5. The Kier molecular flexibility index (Phi) is 12.3. The van der Waals surface area contributed by atoms with Crippen LogP contribution in [0.1, 0.15) is 77.3 Å². The lowest BCUT2D eigenvalue weighted by atomic mass is 10.1. The molecule has 0 saturated heterocycles. The number of carbonyl (C=O) groups excluding carboxylic acids is 2. The SMILES string of the molecule is C=CCOc1ccc(C(=O)Oc2ccc(OCCCCCCCC)c(C(=O)OCc3cccc(C#N)c3)c2)cc1. The number of unbranched alkanes of at least 4 members (excludes halogenated alkanes) is 5. The van der Waals surface area contributed by atoms with Crippen molar-refractivity contribution in [2.24, 2.45) is 0 Å². The Morgan fingerprint density at radius 2 is 1.62 bits per heavy atom. The number of hydrogen-bond donors (Lipinski definition) is 0. The predicted molar refractivity (Wildman–Crippen MR) is 153 cm³/mol. The van der Waals surface area contributed by atoms with Gasteiger partial charge in [-0.15, -0.1) is 0 Å². The second-order valence-corrected chi connectivity index (χ2v) is 9.18. The molecule has 0 unspecified atom stereocenters. The Bertz CT molecular complexity index is 1310. The van der Waals surface area contributed by atoms with Crippen molar-refractivity contribution < 1.29 is 28.5 Å². The highest BCUT2D eigenvalue weighted by atomic mass is 16.5. The van der Waals surface area contributed by atoms with Crippen molar-refractivity contribution in [1.29, 1.82) is 5.26 Å². The smallest absolute Gasteiger partial charge is 0.343 e. The van der Waals surface area contributed by atoms with Gasteiger partial charge < -0.3 is 18.9 Å². The summed E-state index contributed by atoms with van der Waals surface area (Å²) in [4.78, 5) is 25.8. The summed E-state index contributed by atoms with van der Waals surface area (Å²) in [5.74, 6) is -0.0607. The molecule has 0 radical (unpaired) electrons. The third-order valence-electron chi connectivity index (χ3n) is 6.02. The van der Waals surface area contributed by atoms with Gasteiger partial charge in [-0.3, -0.25) is 0 Å². The molecule has 0 saturated carbocycles. The fraction of sp³-hybridized carbons (Fsp3) is 0.303. The Labute approximate surface area is 235 Å². The van der Waals surface area contributed by atoms with E-state index in [4.69, 9.17) is 24.2 Å². The molecule has 3 aromatic carbocycles. The van der Waals surface area contributed by atoms with Crippen molar-refractivity contribution >= 4 is 11.9 Å². The van der Waals surface area contributed by atoms with Crippen LogP contribution in [0.4, 0.5) is 0 Å². The summed E-state index contributed by atoms with van der Waals surface area (Å²) in [5.41, 5.74) is 1.65. The number of ether oxygens (including phenoxy) is 4. The topological polar surface area (TPSA) is 94.8 Å². The van der Waals surface area contributed by atoms with Crippen LogP contribution < -0.4 is 14.2 Å². The minimum atomic E-state index is -0.623. The number of esters is 2. The highest BCUT2D eigenvalue weighted by molar-refractivity contribution is 5.94. The molecule has 0 bridgehead atoms. The molecule has 3 rings (SSSR count). The molecule has 0 atom stereocenters. The molecule has 0 spiro atoms. The maximum atomic E-state index is 13.1. The van der Waals surface area contributed by atoms with E-state index in [0.717, 1.165) is 19.3 Å². The van der Waals surface area contributed by atoms with Crippen molar-refractivity contribution in [3.8, 4) is 23.3 Å². The Hall–Kier alpha value is -4.57. The molecule has 0 fully saturated rings. The van der Waals surface area contributed by atoms with Crippen LogP contribution in [-0.4, -0.2) is 25.2 Å². The van der Waals surface area contributed by atoms with E-state index in [-0.39, 0.29) is 17.9 Å². The van der Waals surface area contributed by atoms with Gasteiger partial charge in [0.2, 0.25) is 0 Å². The van der Waals surface area contributed by atoms with E-state index >= 15 is 0 Å². The minimum absolute atomic E-state index is 0.0183. The number of nitriles is 1. The lowest BCUT2D eigenvalue weighted by Gasteiger charge is -2.13. The summed E-state index contributed by atoms with van der Waals surface area (Å²) < 4.78 is 22.5. The van der Waals surface area contributed by atoms with Gasteiger partial charge in [0.15, 0.2) is 0 Å². The molecule has 7 heteroatoms. The van der Waals surface area contributed by atoms with Gasteiger partial charge in [-0.2, -0.15) is 5.26 Å². The minimum Gasteiger partial charge on any atom is -0.493 e. The molecule has 0 aromatic heterocycles. The van der Waals surface area contributed by atoms with Crippen molar-refractivity contribution in [3.63, 3.8) is 0 Å². The van der Waals surface area contributed by atoms with Gasteiger partial charge in [0.05, 0.1) is 23.8 Å². The van der Waals surface area contributed by atoms with Crippen LogP contribution >= 0.6 is 0 Å². The number of carbonyl (C=O) groups is 2. The maximum absolute atomic E-state index is 13.1. The monoisotopic (exact) mass is 541 g/mol. The highest BCUT2D eigenvalue weighted by Gasteiger charge is 2.18. The molecule has 208 valence electrons. The second kappa shape index (κ2) is 16.4. The van der Waals surface area contributed by atoms with Gasteiger partial charge in [-0.1, -0.05) is 63.8 Å². The van der Waals surface area contributed by atoms with Gasteiger partial charge in [0.25, 0.3) is 0 Å². The first-order chi connectivity index (χ1) is 19.5. The van der Waals surface area contributed by atoms with Gasteiger partial charge in [0.1, 0.15) is 36.0 Å². The van der Waals surface area contributed by atoms with Crippen LogP contribution in [0.25, 0.3) is 0 Å². The van der Waals surface area contributed by atoms with Crippen molar-refractivity contribution in [3.05, 3.63) is 102 Å². The Balaban J connectivity index is 1.70. The van der Waals surface area contributed by atoms with E-state index in [1.54, 1.807) is 66.7 Å². The zero-order valence-corrected chi connectivity index (χ0v) is 22.9. The first-order valence-electron chi connectivity index (χ1n) is 13.5. The Morgan fingerprint density at radius 3 is 2.38 bits per heavy atom. The third kappa shape index (κ3) is 9.63. The average Bonchev–Trinajstić information content (AvgIpc) is 2.99. The molecule has 40 heavy (non-hydrogen) atoms. The van der Waals surface area contributed by atoms with Crippen LogP contribution in [0.15, 0.2) is 79.4 Å². The second-order valence-electron chi connectivity index (χ2n) is 9.18. The molecule has 3 aromatic rings. The summed E-state index contributed by atoms with van der Waals surface area (Å²) in [5, 5.41) is 9.12. The van der Waals surface area contributed by atoms with Gasteiger partial charge in [-0.05, 0) is 66.6 Å². The largest absolute Gasteiger partial charge is 0.493 e. The van der Waals surface area contributed by atoms with E-state index in [2.05, 4.69) is 19.6 Å². The van der Waals surface area contributed by atoms with Crippen LogP contribution in [-0.2, 0) is 11.3 Å². The third-order valence-corrected chi connectivity index (χ3v) is 6.02. The first kappa shape index (κ1) is 30.0. The maximum Gasteiger partial charge on any atom is 0.343 e. The molecular formula is C33H35NO6. The molecule has 0 heterocycles. The van der Waals surface area contributed by atoms with Crippen LogP contribution in [0.5, 0.6) is 17.2 Å². The molecular weight excluding hydrogens is 506 g/mol. The van der Waals surface area contributed by atoms with E-state index in [9.17, 15) is 9.59 Å². The van der Waals surface area contributed by atoms with Crippen LogP contribution in [0.2, 0.25) is 0 Å². The standard InChI is InChI=1S/C33H35NO6/c1-3-5-6-7-8-9-20-38-31-18-17-29(40-32(35)27-13-15-28(16-14-27)37-19-4-2)22-30(31)33(36)39-24-26-12-10-11-25(21-26)23-34/h4,10-18,21-22H,2-3,5-9,19-20,24H2,1H3. The lowest BCUT2D eigenvalue weighted by molar-refractivity contribution is 0.0466. The van der Waals surface area contributed by atoms with E-state index in [1.165, 1.54) is 25.3 Å². The molecule has 0 N–H and O–H groups in total. The number of hydrogen-bond acceptors (Lipinski definition) is 7. The predicted octanol–water partition coefficient (Wildman–Crippen LogP) is 7.44. The quantitative estimate of drug-likeness (QED) is 0.0805. The van der Waals surface area contributed by atoms with Crippen molar-refractivity contribution in [2.45, 2.75) is 52.1 Å². The molecule has 0 aliphatic heterocycles. The van der Waals surface area contributed by atoms with Gasteiger partial charge in [-0.25, -0.2) is 9.59 Å². The van der Waals surface area contributed by atoms with Crippen molar-refractivity contribution in [2.75, 3.05) is 13.2 Å². The summed E-state index contributed by atoms with van der Waals surface area (Å²) in [6.45, 7) is 6.59. The molecule has 0 aliphatic rings. The Morgan fingerprint density at radius 1 is 0.875 bits per heavy atom. The van der Waals surface area contributed by atoms with Crippen LogP contribution in [0, 0.1) is 11.3 Å². The summed E-state index contributed by atoms with van der Waals surface area (Å²) in [6, 6.07) is 20.1. The number of benzene rings is 3. The number of nitrogens with zero attached hydrogens (tertiary/aromatic N) is 1. The molecule has 0 amide bonds. The zero-order valence-electron chi connectivity index (χ0n) is 22.9. The summed E-state index contributed by atoms with van der Waals surface area (Å²) in [7, 11) is 0. The molecule has 7 nitrogen and oxygen atoms in total. The molecule has 0 aliphatic carbocycles. The van der Waals surface area contributed by atoms with Gasteiger partial charge in [0, 0.05) is 0 Å². The fourth-order valence-corrected chi connectivity index (χ4v) is 3.89. The van der Waals surface area contributed by atoms with Crippen molar-refractivity contribution in [1.82, 2.24) is 0 Å². The normalized spacial score (nSPS) is 10.3. The zero-order chi connectivity index (χ0) is 28.6. The number of rotatable bonds is 16. The fourth-order valence-electron chi connectivity index (χ4n) is 3.89. The van der Waals surface area contributed by atoms with E-state index in [0.29, 0.717) is 41.4 Å². The summed E-state index contributed by atoms with van der Waals surface area (Å²) >= 11 is 0. The van der Waals surface area contributed by atoms with Gasteiger partial charge >= 0.3 is 11.9 Å². The average molecular weight is 542 g/mol. The van der Waals surface area contributed by atoms with Crippen LogP contribution in [0.3, 0.4) is 0 Å². The highest BCUT2D eigenvalue weighted by Crippen LogP contribution is 2.27.